The SMILES string of the molecule is Cc1cc(NC(C)CCCO)c2ccccc2n1. The Hall–Kier alpha value is -1.61. The van der Waals surface area contributed by atoms with Gasteiger partial charge in [0.15, 0.2) is 0 Å². The number of para-hydroxylation sites is 1. The van der Waals surface area contributed by atoms with Crippen molar-refractivity contribution in [1.82, 2.24) is 4.98 Å². The summed E-state index contributed by atoms with van der Waals surface area (Å²) in [5.74, 6) is 0. The quantitative estimate of drug-likeness (QED) is 0.849. The second-order valence-electron chi connectivity index (χ2n) is 4.74. The molecule has 1 unspecified atom stereocenters. The summed E-state index contributed by atoms with van der Waals surface area (Å²) in [6.45, 7) is 4.40. The maximum Gasteiger partial charge on any atom is 0.0725 e. The molecule has 0 bridgehead atoms. The Balaban J connectivity index is 2.26. The van der Waals surface area contributed by atoms with Crippen LogP contribution in [0, 0.1) is 6.92 Å². The topological polar surface area (TPSA) is 45.1 Å². The number of benzene rings is 1. The van der Waals surface area contributed by atoms with Gasteiger partial charge in [0.05, 0.1) is 5.52 Å². The summed E-state index contributed by atoms with van der Waals surface area (Å²) < 4.78 is 0. The average Bonchev–Trinajstić information content (AvgIpc) is 2.36. The molecule has 0 spiro atoms. The van der Waals surface area contributed by atoms with E-state index in [9.17, 15) is 0 Å². The Labute approximate surface area is 108 Å². The first-order chi connectivity index (χ1) is 8.70. The molecule has 3 nitrogen and oxygen atoms in total. The van der Waals surface area contributed by atoms with Gasteiger partial charge in [0.25, 0.3) is 0 Å². The standard InChI is InChI=1S/C15H20N2O/c1-11(6-5-9-18)16-15-10-12(2)17-14-8-4-3-7-13(14)15/h3-4,7-8,10-11,18H,5-6,9H2,1-2H3,(H,16,17). The van der Waals surface area contributed by atoms with E-state index >= 15 is 0 Å². The second kappa shape index (κ2) is 5.83. The minimum atomic E-state index is 0.252. The lowest BCUT2D eigenvalue weighted by molar-refractivity contribution is 0.282. The van der Waals surface area contributed by atoms with Gasteiger partial charge in [-0.2, -0.15) is 0 Å². The zero-order chi connectivity index (χ0) is 13.0. The summed E-state index contributed by atoms with van der Waals surface area (Å²) in [5, 5.41) is 13.5. The van der Waals surface area contributed by atoms with Crippen LogP contribution in [0.2, 0.25) is 0 Å². The Morgan fingerprint density at radius 1 is 1.33 bits per heavy atom. The molecule has 0 aliphatic carbocycles. The van der Waals surface area contributed by atoms with Crippen molar-refractivity contribution in [2.75, 3.05) is 11.9 Å². The van der Waals surface area contributed by atoms with E-state index in [0.29, 0.717) is 6.04 Å². The van der Waals surface area contributed by atoms with Crippen LogP contribution < -0.4 is 5.32 Å². The number of aromatic nitrogens is 1. The van der Waals surface area contributed by atoms with Crippen molar-refractivity contribution in [3.05, 3.63) is 36.0 Å². The Bertz CT molecular complexity index is 525. The molecule has 18 heavy (non-hydrogen) atoms. The summed E-state index contributed by atoms with van der Waals surface area (Å²) in [4.78, 5) is 4.53. The van der Waals surface area contributed by atoms with Gasteiger partial charge in [-0.05, 0) is 38.8 Å². The van der Waals surface area contributed by atoms with Crippen LogP contribution in [-0.2, 0) is 0 Å². The number of hydrogen-bond donors (Lipinski definition) is 2. The number of nitrogens with zero attached hydrogens (tertiary/aromatic N) is 1. The smallest absolute Gasteiger partial charge is 0.0725 e. The second-order valence-corrected chi connectivity index (χ2v) is 4.74. The van der Waals surface area contributed by atoms with Gasteiger partial charge in [0.1, 0.15) is 0 Å². The highest BCUT2D eigenvalue weighted by Crippen LogP contribution is 2.24. The predicted octanol–water partition coefficient (Wildman–Crippen LogP) is 3.12. The van der Waals surface area contributed by atoms with Crippen molar-refractivity contribution in [3.63, 3.8) is 0 Å². The third kappa shape index (κ3) is 2.99. The van der Waals surface area contributed by atoms with E-state index in [0.717, 1.165) is 35.1 Å². The van der Waals surface area contributed by atoms with Crippen LogP contribution in [0.1, 0.15) is 25.5 Å². The molecule has 0 amide bonds. The summed E-state index contributed by atoms with van der Waals surface area (Å²) in [6.07, 6.45) is 1.79. The number of fused-ring (bicyclic) bond motifs is 1. The van der Waals surface area contributed by atoms with Crippen LogP contribution in [0.4, 0.5) is 5.69 Å². The molecule has 2 N–H and O–H groups in total. The number of aliphatic hydroxyl groups is 1. The van der Waals surface area contributed by atoms with Gasteiger partial charge in [-0.3, -0.25) is 4.98 Å². The fraction of sp³-hybridized carbons (Fsp3) is 0.400. The Morgan fingerprint density at radius 3 is 2.89 bits per heavy atom. The van der Waals surface area contributed by atoms with Crippen LogP contribution in [0.3, 0.4) is 0 Å². The largest absolute Gasteiger partial charge is 0.396 e. The van der Waals surface area contributed by atoms with Crippen molar-refractivity contribution in [3.8, 4) is 0 Å². The zero-order valence-electron chi connectivity index (χ0n) is 11.0. The molecule has 1 aromatic carbocycles. The highest BCUT2D eigenvalue weighted by molar-refractivity contribution is 5.91. The number of aliphatic hydroxyl groups excluding tert-OH is 1. The molecule has 96 valence electrons. The first-order valence-corrected chi connectivity index (χ1v) is 6.44. The third-order valence-electron chi connectivity index (χ3n) is 3.04. The van der Waals surface area contributed by atoms with Crippen LogP contribution in [0.25, 0.3) is 10.9 Å². The normalized spacial score (nSPS) is 12.6. The predicted molar refractivity (Wildman–Crippen MR) is 75.9 cm³/mol. The molecule has 2 rings (SSSR count). The molecule has 0 saturated carbocycles. The van der Waals surface area contributed by atoms with E-state index < -0.39 is 0 Å². The lowest BCUT2D eigenvalue weighted by atomic mass is 10.1. The molecule has 0 aliphatic heterocycles. The molecule has 0 radical (unpaired) electrons. The molecule has 0 fully saturated rings. The lowest BCUT2D eigenvalue weighted by Gasteiger charge is -2.17. The fourth-order valence-electron chi connectivity index (χ4n) is 2.16. The van der Waals surface area contributed by atoms with Gasteiger partial charge in [0.2, 0.25) is 0 Å². The number of hydrogen-bond acceptors (Lipinski definition) is 3. The maximum absolute atomic E-state index is 8.86. The molecular weight excluding hydrogens is 224 g/mol. The summed E-state index contributed by atoms with van der Waals surface area (Å²) in [5.41, 5.74) is 3.17. The van der Waals surface area contributed by atoms with E-state index in [1.807, 2.05) is 25.1 Å². The Morgan fingerprint density at radius 2 is 2.11 bits per heavy atom. The van der Waals surface area contributed by atoms with Crippen LogP contribution in [0.15, 0.2) is 30.3 Å². The Kier molecular flexibility index (Phi) is 4.15. The first kappa shape index (κ1) is 12.8. The van der Waals surface area contributed by atoms with E-state index in [1.54, 1.807) is 0 Å². The van der Waals surface area contributed by atoms with E-state index in [1.165, 1.54) is 0 Å². The van der Waals surface area contributed by atoms with E-state index in [4.69, 9.17) is 5.11 Å². The van der Waals surface area contributed by atoms with Crippen molar-refractivity contribution >= 4 is 16.6 Å². The summed E-state index contributed by atoms with van der Waals surface area (Å²) in [6, 6.07) is 10.6. The van der Waals surface area contributed by atoms with Gasteiger partial charge in [0, 0.05) is 29.4 Å². The van der Waals surface area contributed by atoms with Gasteiger partial charge in [-0.25, -0.2) is 0 Å². The van der Waals surface area contributed by atoms with Crippen molar-refractivity contribution in [2.45, 2.75) is 32.7 Å². The lowest BCUT2D eigenvalue weighted by Crippen LogP contribution is -2.16. The minimum absolute atomic E-state index is 0.252. The monoisotopic (exact) mass is 244 g/mol. The highest BCUT2D eigenvalue weighted by Gasteiger charge is 2.06. The van der Waals surface area contributed by atoms with Gasteiger partial charge in [-0.15, -0.1) is 0 Å². The van der Waals surface area contributed by atoms with Gasteiger partial charge < -0.3 is 10.4 Å². The first-order valence-electron chi connectivity index (χ1n) is 6.44. The van der Waals surface area contributed by atoms with Crippen molar-refractivity contribution in [2.24, 2.45) is 0 Å². The van der Waals surface area contributed by atoms with Crippen LogP contribution >= 0.6 is 0 Å². The number of aryl methyl sites for hydroxylation is 1. The van der Waals surface area contributed by atoms with Crippen LogP contribution in [0.5, 0.6) is 0 Å². The van der Waals surface area contributed by atoms with Crippen molar-refractivity contribution < 1.29 is 5.11 Å². The molecule has 1 heterocycles. The number of rotatable bonds is 5. The van der Waals surface area contributed by atoms with Crippen molar-refractivity contribution in [1.29, 1.82) is 0 Å². The third-order valence-corrected chi connectivity index (χ3v) is 3.04. The number of nitrogens with one attached hydrogen (secondary N) is 1. The molecule has 1 aromatic heterocycles. The molecule has 0 aliphatic rings. The maximum atomic E-state index is 8.86. The van der Waals surface area contributed by atoms with E-state index in [2.05, 4.69) is 29.4 Å². The molecular formula is C15H20N2O. The number of anilines is 1. The van der Waals surface area contributed by atoms with Gasteiger partial charge in [-0.1, -0.05) is 18.2 Å². The molecule has 0 saturated heterocycles. The molecule has 3 heteroatoms. The fourth-order valence-corrected chi connectivity index (χ4v) is 2.16. The molecule has 2 aromatic rings. The van der Waals surface area contributed by atoms with Crippen LogP contribution in [-0.4, -0.2) is 22.7 Å². The summed E-state index contributed by atoms with van der Waals surface area (Å²) >= 11 is 0. The zero-order valence-corrected chi connectivity index (χ0v) is 11.0. The average molecular weight is 244 g/mol. The van der Waals surface area contributed by atoms with E-state index in [-0.39, 0.29) is 6.61 Å². The number of pyridine rings is 1. The minimum Gasteiger partial charge on any atom is -0.396 e. The highest BCUT2D eigenvalue weighted by atomic mass is 16.2. The van der Waals surface area contributed by atoms with Gasteiger partial charge >= 0.3 is 0 Å². The molecule has 1 atom stereocenters. The summed E-state index contributed by atoms with van der Waals surface area (Å²) in [7, 11) is 0.